The van der Waals surface area contributed by atoms with Gasteiger partial charge in [0.1, 0.15) is 12.1 Å². The minimum atomic E-state index is 0.192. The molecule has 18 heavy (non-hydrogen) atoms. The number of nitrogens with zero attached hydrogens (tertiary/aromatic N) is 3. The summed E-state index contributed by atoms with van der Waals surface area (Å²) in [7, 11) is 0. The molecule has 0 bridgehead atoms. The molecule has 0 aliphatic heterocycles. The third kappa shape index (κ3) is 1.82. The molecule has 2 aromatic carbocycles. The molecular weight excluding hydrogens is 228 g/mol. The van der Waals surface area contributed by atoms with Crippen molar-refractivity contribution in [2.24, 2.45) is 4.99 Å². The largest absolute Gasteiger partial charge is 0.507 e. The highest BCUT2D eigenvalue weighted by Crippen LogP contribution is 2.25. The van der Waals surface area contributed by atoms with Crippen LogP contribution >= 0.6 is 0 Å². The van der Waals surface area contributed by atoms with Gasteiger partial charge in [0.05, 0.1) is 0 Å². The number of fused-ring (bicyclic) bond motifs is 1. The lowest BCUT2D eigenvalue weighted by Crippen LogP contribution is -1.86. The van der Waals surface area contributed by atoms with Crippen molar-refractivity contribution in [1.82, 2.24) is 15.2 Å². The molecule has 5 nitrogen and oxygen atoms in total. The maximum absolute atomic E-state index is 9.90. The highest BCUT2D eigenvalue weighted by Gasteiger charge is 2.04. The van der Waals surface area contributed by atoms with Crippen LogP contribution in [0, 0.1) is 0 Å². The number of aromatic amines is 1. The van der Waals surface area contributed by atoms with Crippen LogP contribution in [0.3, 0.4) is 0 Å². The third-order valence-corrected chi connectivity index (χ3v) is 2.67. The van der Waals surface area contributed by atoms with Gasteiger partial charge in [0.2, 0.25) is 5.95 Å². The molecule has 0 saturated heterocycles. The zero-order chi connectivity index (χ0) is 12.4. The Morgan fingerprint density at radius 1 is 1.17 bits per heavy atom. The number of phenolic OH excluding ortho intramolecular Hbond substituents is 1. The summed E-state index contributed by atoms with van der Waals surface area (Å²) in [5.41, 5.74) is 0.671. The van der Waals surface area contributed by atoms with Gasteiger partial charge in [0.25, 0.3) is 0 Å². The first-order valence-electron chi connectivity index (χ1n) is 5.45. The molecule has 1 aromatic heterocycles. The number of aromatic hydroxyl groups is 1. The van der Waals surface area contributed by atoms with Crippen molar-refractivity contribution in [3.63, 3.8) is 0 Å². The fourth-order valence-corrected chi connectivity index (χ4v) is 1.81. The molecule has 88 valence electrons. The lowest BCUT2D eigenvalue weighted by atomic mass is 10.0. The Hall–Kier alpha value is -2.69. The smallest absolute Gasteiger partial charge is 0.245 e. The molecule has 0 atom stereocenters. The van der Waals surface area contributed by atoms with E-state index in [1.165, 1.54) is 6.33 Å². The van der Waals surface area contributed by atoms with Gasteiger partial charge >= 0.3 is 0 Å². The lowest BCUT2D eigenvalue weighted by molar-refractivity contribution is 0.475. The Kier molecular flexibility index (Phi) is 2.49. The van der Waals surface area contributed by atoms with Gasteiger partial charge in [-0.1, -0.05) is 30.3 Å². The molecule has 0 radical (unpaired) electrons. The highest BCUT2D eigenvalue weighted by molar-refractivity contribution is 6.02. The second kappa shape index (κ2) is 4.29. The van der Waals surface area contributed by atoms with Crippen molar-refractivity contribution in [2.45, 2.75) is 0 Å². The molecule has 0 aliphatic rings. The van der Waals surface area contributed by atoms with Crippen LogP contribution in [0.1, 0.15) is 5.56 Å². The first-order valence-corrected chi connectivity index (χ1v) is 5.45. The molecule has 3 rings (SSSR count). The van der Waals surface area contributed by atoms with Crippen LogP contribution in [0.15, 0.2) is 47.7 Å². The number of nitrogens with one attached hydrogen (secondary N) is 1. The maximum Gasteiger partial charge on any atom is 0.245 e. The van der Waals surface area contributed by atoms with E-state index in [0.717, 1.165) is 10.8 Å². The average Bonchev–Trinajstić information content (AvgIpc) is 2.91. The molecule has 0 spiro atoms. The lowest BCUT2D eigenvalue weighted by Gasteiger charge is -2.03. The van der Waals surface area contributed by atoms with Crippen LogP contribution in [0.2, 0.25) is 0 Å². The molecule has 2 N–H and O–H groups in total. The van der Waals surface area contributed by atoms with E-state index < -0.39 is 0 Å². The summed E-state index contributed by atoms with van der Waals surface area (Å²) in [6.45, 7) is 0. The van der Waals surface area contributed by atoms with Gasteiger partial charge in [-0.15, -0.1) is 0 Å². The van der Waals surface area contributed by atoms with Crippen molar-refractivity contribution >= 4 is 22.9 Å². The zero-order valence-corrected chi connectivity index (χ0v) is 9.41. The van der Waals surface area contributed by atoms with E-state index in [9.17, 15) is 5.11 Å². The predicted molar refractivity (Wildman–Crippen MR) is 69.2 cm³/mol. The minimum absolute atomic E-state index is 0.192. The Balaban J connectivity index is 2.13. The summed E-state index contributed by atoms with van der Waals surface area (Å²) in [4.78, 5) is 8.03. The van der Waals surface area contributed by atoms with Crippen molar-refractivity contribution in [2.75, 3.05) is 0 Å². The van der Waals surface area contributed by atoms with Gasteiger partial charge in [-0.2, -0.15) is 10.1 Å². The molecule has 0 saturated carbocycles. The first-order chi connectivity index (χ1) is 8.84. The Morgan fingerprint density at radius 3 is 2.89 bits per heavy atom. The molecular formula is C13H10N4O. The van der Waals surface area contributed by atoms with E-state index >= 15 is 0 Å². The Labute approximate surface area is 103 Å². The van der Waals surface area contributed by atoms with Gasteiger partial charge in [-0.3, -0.25) is 0 Å². The van der Waals surface area contributed by atoms with Crippen LogP contribution in [-0.2, 0) is 0 Å². The van der Waals surface area contributed by atoms with Gasteiger partial charge in [-0.25, -0.2) is 10.1 Å². The fraction of sp³-hybridized carbons (Fsp3) is 0. The van der Waals surface area contributed by atoms with Gasteiger partial charge in [0, 0.05) is 11.8 Å². The summed E-state index contributed by atoms with van der Waals surface area (Å²) in [5.74, 6) is 0.597. The van der Waals surface area contributed by atoms with Crippen molar-refractivity contribution in [3.05, 3.63) is 48.3 Å². The van der Waals surface area contributed by atoms with E-state index in [1.54, 1.807) is 12.3 Å². The average molecular weight is 238 g/mol. The topological polar surface area (TPSA) is 74.2 Å². The summed E-state index contributed by atoms with van der Waals surface area (Å²) in [5, 5.41) is 18.2. The Morgan fingerprint density at radius 2 is 2.06 bits per heavy atom. The highest BCUT2D eigenvalue weighted by atomic mass is 16.3. The molecule has 0 aliphatic carbocycles. The van der Waals surface area contributed by atoms with Crippen LogP contribution in [0.5, 0.6) is 5.75 Å². The predicted octanol–water partition coefficient (Wildman–Crippen LogP) is 2.41. The monoisotopic (exact) mass is 238 g/mol. The number of H-pyrrole nitrogens is 1. The third-order valence-electron chi connectivity index (χ3n) is 2.67. The second-order valence-electron chi connectivity index (χ2n) is 3.79. The van der Waals surface area contributed by atoms with Crippen LogP contribution in [-0.4, -0.2) is 26.5 Å². The normalized spacial score (nSPS) is 11.3. The van der Waals surface area contributed by atoms with Crippen molar-refractivity contribution < 1.29 is 5.11 Å². The fourth-order valence-electron chi connectivity index (χ4n) is 1.81. The first kappa shape index (κ1) is 10.5. The van der Waals surface area contributed by atoms with E-state index in [2.05, 4.69) is 20.2 Å². The van der Waals surface area contributed by atoms with Crippen LogP contribution < -0.4 is 0 Å². The van der Waals surface area contributed by atoms with Crippen LogP contribution in [0.4, 0.5) is 5.95 Å². The summed E-state index contributed by atoms with van der Waals surface area (Å²) in [6.07, 6.45) is 2.97. The molecule has 0 fully saturated rings. The molecule has 0 unspecified atom stereocenters. The standard InChI is InChI=1S/C13H10N4O/c18-12-6-5-9-3-1-2-4-10(9)11(12)7-14-13-15-8-16-17-13/h1-8,18H,(H,15,16,17). The van der Waals surface area contributed by atoms with Crippen LogP contribution in [0.25, 0.3) is 10.8 Å². The van der Waals surface area contributed by atoms with E-state index in [-0.39, 0.29) is 5.75 Å². The number of phenols is 1. The molecule has 5 heteroatoms. The van der Waals surface area contributed by atoms with E-state index in [4.69, 9.17) is 0 Å². The summed E-state index contributed by atoms with van der Waals surface area (Å²) in [6, 6.07) is 11.3. The Bertz CT molecular complexity index is 704. The SMILES string of the molecule is Oc1ccc2ccccc2c1C=Nc1ncn[nH]1. The van der Waals surface area contributed by atoms with Gasteiger partial charge in [-0.05, 0) is 16.8 Å². The van der Waals surface area contributed by atoms with Gasteiger partial charge in [0.15, 0.2) is 0 Å². The molecule has 3 aromatic rings. The van der Waals surface area contributed by atoms with E-state index in [0.29, 0.717) is 11.5 Å². The molecule has 1 heterocycles. The number of aliphatic imine (C=N–C) groups is 1. The number of hydrogen-bond donors (Lipinski definition) is 2. The quantitative estimate of drug-likeness (QED) is 0.673. The van der Waals surface area contributed by atoms with Crippen molar-refractivity contribution in [1.29, 1.82) is 0 Å². The summed E-state index contributed by atoms with van der Waals surface area (Å²) < 4.78 is 0. The number of aromatic nitrogens is 3. The second-order valence-corrected chi connectivity index (χ2v) is 3.79. The summed E-state index contributed by atoms with van der Waals surface area (Å²) >= 11 is 0. The number of hydrogen-bond acceptors (Lipinski definition) is 4. The maximum atomic E-state index is 9.90. The number of rotatable bonds is 2. The minimum Gasteiger partial charge on any atom is -0.507 e. The number of benzene rings is 2. The molecule has 0 amide bonds. The van der Waals surface area contributed by atoms with Crippen molar-refractivity contribution in [3.8, 4) is 5.75 Å². The zero-order valence-electron chi connectivity index (χ0n) is 9.41. The van der Waals surface area contributed by atoms with Gasteiger partial charge < -0.3 is 5.11 Å². The van der Waals surface area contributed by atoms with E-state index in [1.807, 2.05) is 30.3 Å².